The first-order valence-electron chi connectivity index (χ1n) is 4.94. The van der Waals surface area contributed by atoms with Crippen LogP contribution in [0, 0.1) is 5.82 Å². The predicted molar refractivity (Wildman–Crippen MR) is 58.6 cm³/mol. The smallest absolute Gasteiger partial charge is 0.253 e. The lowest BCUT2D eigenvalue weighted by molar-refractivity contribution is 0.0954. The molecule has 0 aromatic heterocycles. The molecule has 0 saturated heterocycles. The first-order chi connectivity index (χ1) is 7.19. The Kier molecular flexibility index (Phi) is 4.09. The van der Waals surface area contributed by atoms with Crippen LogP contribution in [-0.2, 0) is 0 Å². The molecule has 2 N–H and O–H groups in total. The van der Waals surface area contributed by atoms with Gasteiger partial charge in [0.15, 0.2) is 0 Å². The Morgan fingerprint density at radius 3 is 2.80 bits per heavy atom. The molecule has 0 aliphatic heterocycles. The summed E-state index contributed by atoms with van der Waals surface area (Å²) in [5, 5.41) is 5.56. The Morgan fingerprint density at radius 1 is 1.47 bits per heavy atom. The van der Waals surface area contributed by atoms with Gasteiger partial charge in [-0.15, -0.1) is 0 Å². The molecule has 0 radical (unpaired) electrons. The molecule has 1 aromatic carbocycles. The molecule has 0 atom stereocenters. The zero-order chi connectivity index (χ0) is 11.3. The number of benzene rings is 1. The number of halogens is 1. The van der Waals surface area contributed by atoms with Crippen molar-refractivity contribution in [1.29, 1.82) is 0 Å². The van der Waals surface area contributed by atoms with Crippen molar-refractivity contribution in [2.45, 2.75) is 13.3 Å². The van der Waals surface area contributed by atoms with Crippen LogP contribution in [-0.4, -0.2) is 19.5 Å². The molecular formula is C11H15FN2O. The molecule has 0 saturated carbocycles. The largest absolute Gasteiger partial charge is 0.387 e. The Morgan fingerprint density at radius 2 is 2.20 bits per heavy atom. The maximum absolute atomic E-state index is 13.0. The summed E-state index contributed by atoms with van der Waals surface area (Å²) in [6, 6.07) is 4.11. The number of carbonyl (C=O) groups is 1. The zero-order valence-electron chi connectivity index (χ0n) is 8.93. The molecule has 0 aliphatic rings. The second kappa shape index (κ2) is 5.34. The van der Waals surface area contributed by atoms with E-state index in [-0.39, 0.29) is 5.91 Å². The summed E-state index contributed by atoms with van der Waals surface area (Å²) < 4.78 is 13.0. The van der Waals surface area contributed by atoms with Gasteiger partial charge in [0.2, 0.25) is 0 Å². The number of nitrogens with one attached hydrogen (secondary N) is 2. The highest BCUT2D eigenvalue weighted by Gasteiger charge is 2.10. The standard InChI is InChI=1S/C11H15FN2O/c1-3-6-14-11(15)9-7-8(12)4-5-10(9)13-2/h4-5,7,13H,3,6H2,1-2H3,(H,14,15). The molecule has 0 heterocycles. The topological polar surface area (TPSA) is 41.1 Å². The SMILES string of the molecule is CCCNC(=O)c1cc(F)ccc1NC. The molecule has 0 fully saturated rings. The molecule has 3 nitrogen and oxygen atoms in total. The summed E-state index contributed by atoms with van der Waals surface area (Å²) in [4.78, 5) is 11.6. The van der Waals surface area contributed by atoms with Gasteiger partial charge in [0.1, 0.15) is 5.82 Å². The second-order valence-corrected chi connectivity index (χ2v) is 3.20. The quantitative estimate of drug-likeness (QED) is 0.798. The Labute approximate surface area is 88.7 Å². The van der Waals surface area contributed by atoms with Crippen LogP contribution in [0.2, 0.25) is 0 Å². The fourth-order valence-electron chi connectivity index (χ4n) is 1.26. The van der Waals surface area contributed by atoms with Crippen molar-refractivity contribution < 1.29 is 9.18 Å². The molecule has 0 bridgehead atoms. The normalized spacial score (nSPS) is 9.80. The van der Waals surface area contributed by atoms with E-state index < -0.39 is 5.82 Å². The average molecular weight is 210 g/mol. The third-order valence-corrected chi connectivity index (χ3v) is 2.03. The van der Waals surface area contributed by atoms with Crippen molar-refractivity contribution in [2.75, 3.05) is 18.9 Å². The Bertz CT molecular complexity index is 352. The van der Waals surface area contributed by atoms with Gasteiger partial charge in [0, 0.05) is 19.3 Å². The van der Waals surface area contributed by atoms with Crippen molar-refractivity contribution in [3.63, 3.8) is 0 Å². The van der Waals surface area contributed by atoms with Gasteiger partial charge < -0.3 is 10.6 Å². The Balaban J connectivity index is 2.90. The molecule has 0 aliphatic carbocycles. The maximum Gasteiger partial charge on any atom is 0.253 e. The summed E-state index contributed by atoms with van der Waals surface area (Å²) in [6.45, 7) is 2.56. The van der Waals surface area contributed by atoms with E-state index in [1.165, 1.54) is 12.1 Å². The molecule has 0 unspecified atom stereocenters. The fourth-order valence-corrected chi connectivity index (χ4v) is 1.26. The van der Waals surface area contributed by atoms with E-state index in [2.05, 4.69) is 10.6 Å². The van der Waals surface area contributed by atoms with Gasteiger partial charge >= 0.3 is 0 Å². The average Bonchev–Trinajstić information content (AvgIpc) is 2.25. The Hall–Kier alpha value is -1.58. The number of hydrogen-bond acceptors (Lipinski definition) is 2. The van der Waals surface area contributed by atoms with Crippen LogP contribution in [0.3, 0.4) is 0 Å². The van der Waals surface area contributed by atoms with Crippen molar-refractivity contribution in [3.05, 3.63) is 29.6 Å². The van der Waals surface area contributed by atoms with Crippen LogP contribution < -0.4 is 10.6 Å². The third-order valence-electron chi connectivity index (χ3n) is 2.03. The van der Waals surface area contributed by atoms with E-state index in [9.17, 15) is 9.18 Å². The number of rotatable bonds is 4. The molecule has 0 spiro atoms. The molecule has 1 amide bonds. The van der Waals surface area contributed by atoms with Crippen molar-refractivity contribution in [1.82, 2.24) is 5.32 Å². The summed E-state index contributed by atoms with van der Waals surface area (Å²) in [6.07, 6.45) is 0.857. The van der Waals surface area contributed by atoms with Gasteiger partial charge in [-0.2, -0.15) is 0 Å². The van der Waals surface area contributed by atoms with Crippen LogP contribution in [0.25, 0.3) is 0 Å². The fraction of sp³-hybridized carbons (Fsp3) is 0.364. The van der Waals surface area contributed by atoms with Gasteiger partial charge in [-0.1, -0.05) is 6.92 Å². The van der Waals surface area contributed by atoms with E-state index in [0.717, 1.165) is 6.42 Å². The van der Waals surface area contributed by atoms with E-state index >= 15 is 0 Å². The van der Waals surface area contributed by atoms with Crippen molar-refractivity contribution in [3.8, 4) is 0 Å². The third kappa shape index (κ3) is 2.94. The molecular weight excluding hydrogens is 195 g/mol. The van der Waals surface area contributed by atoms with Crippen LogP contribution >= 0.6 is 0 Å². The van der Waals surface area contributed by atoms with Crippen LogP contribution in [0.4, 0.5) is 10.1 Å². The lowest BCUT2D eigenvalue weighted by Gasteiger charge is -2.09. The molecule has 1 rings (SSSR count). The van der Waals surface area contributed by atoms with Crippen molar-refractivity contribution in [2.24, 2.45) is 0 Å². The number of carbonyl (C=O) groups excluding carboxylic acids is 1. The second-order valence-electron chi connectivity index (χ2n) is 3.20. The lowest BCUT2D eigenvalue weighted by atomic mass is 10.1. The van der Waals surface area contributed by atoms with Crippen LogP contribution in [0.1, 0.15) is 23.7 Å². The first-order valence-corrected chi connectivity index (χ1v) is 4.94. The maximum atomic E-state index is 13.0. The van der Waals surface area contributed by atoms with Gasteiger partial charge in [-0.3, -0.25) is 4.79 Å². The number of anilines is 1. The highest BCUT2D eigenvalue weighted by atomic mass is 19.1. The minimum Gasteiger partial charge on any atom is -0.387 e. The first kappa shape index (κ1) is 11.5. The highest BCUT2D eigenvalue weighted by molar-refractivity contribution is 5.99. The number of hydrogen-bond donors (Lipinski definition) is 2. The molecule has 82 valence electrons. The predicted octanol–water partition coefficient (Wildman–Crippen LogP) is 2.01. The summed E-state index contributed by atoms with van der Waals surface area (Å²) in [5.74, 6) is -0.656. The van der Waals surface area contributed by atoms with E-state index in [1.54, 1.807) is 13.1 Å². The minimum atomic E-state index is -0.407. The lowest BCUT2D eigenvalue weighted by Crippen LogP contribution is -2.24. The van der Waals surface area contributed by atoms with E-state index in [1.807, 2.05) is 6.92 Å². The number of amides is 1. The van der Waals surface area contributed by atoms with Crippen LogP contribution in [0.15, 0.2) is 18.2 Å². The van der Waals surface area contributed by atoms with Gasteiger partial charge in [-0.25, -0.2) is 4.39 Å². The van der Waals surface area contributed by atoms with Gasteiger partial charge in [0.05, 0.1) is 5.56 Å². The minimum absolute atomic E-state index is 0.249. The van der Waals surface area contributed by atoms with E-state index in [0.29, 0.717) is 17.8 Å². The molecule has 1 aromatic rings. The van der Waals surface area contributed by atoms with Crippen LogP contribution in [0.5, 0.6) is 0 Å². The molecule has 4 heteroatoms. The highest BCUT2D eigenvalue weighted by Crippen LogP contribution is 2.16. The monoisotopic (exact) mass is 210 g/mol. The van der Waals surface area contributed by atoms with E-state index in [4.69, 9.17) is 0 Å². The van der Waals surface area contributed by atoms with Gasteiger partial charge in [-0.05, 0) is 24.6 Å². The van der Waals surface area contributed by atoms with Gasteiger partial charge in [0.25, 0.3) is 5.91 Å². The summed E-state index contributed by atoms with van der Waals surface area (Å²) in [7, 11) is 1.70. The molecule has 15 heavy (non-hydrogen) atoms. The van der Waals surface area contributed by atoms with Crippen molar-refractivity contribution >= 4 is 11.6 Å². The zero-order valence-corrected chi connectivity index (χ0v) is 8.93. The summed E-state index contributed by atoms with van der Waals surface area (Å²) >= 11 is 0. The summed E-state index contributed by atoms with van der Waals surface area (Å²) in [5.41, 5.74) is 0.968.